The molecule has 206 valence electrons. The molecule has 2 aliphatic rings. The topological polar surface area (TPSA) is 79.6 Å². The van der Waals surface area contributed by atoms with Gasteiger partial charge in [-0.15, -0.1) is 24.8 Å². The Morgan fingerprint density at radius 2 is 1.82 bits per heavy atom. The van der Waals surface area contributed by atoms with Gasteiger partial charge in [-0.05, 0) is 24.8 Å². The van der Waals surface area contributed by atoms with E-state index in [-0.39, 0.29) is 49.4 Å². The smallest absolute Gasteiger partial charge is 0.275 e. The van der Waals surface area contributed by atoms with Gasteiger partial charge in [0.2, 0.25) is 0 Å². The first-order valence-corrected chi connectivity index (χ1v) is 13.0. The summed E-state index contributed by atoms with van der Waals surface area (Å²) >= 11 is 0. The molecule has 1 amide bonds. The van der Waals surface area contributed by atoms with Crippen molar-refractivity contribution >= 4 is 30.7 Å². The molecule has 7 nitrogen and oxygen atoms in total. The predicted molar refractivity (Wildman–Crippen MR) is 154 cm³/mol. The van der Waals surface area contributed by atoms with Crippen LogP contribution in [0.2, 0.25) is 0 Å². The van der Waals surface area contributed by atoms with Crippen molar-refractivity contribution in [2.24, 2.45) is 0 Å². The second kappa shape index (κ2) is 13.6. The van der Waals surface area contributed by atoms with Gasteiger partial charge in [0, 0.05) is 38.3 Å². The molecule has 2 heterocycles. The maximum absolute atomic E-state index is 14.1. The molecular formula is C29H38Cl2N4O3. The third-order valence-corrected chi connectivity index (χ3v) is 7.66. The Balaban J connectivity index is 0.00000200. The highest BCUT2D eigenvalue weighted by atomic mass is 35.5. The lowest BCUT2D eigenvalue weighted by Gasteiger charge is -2.41. The van der Waals surface area contributed by atoms with E-state index in [9.17, 15) is 9.90 Å². The number of amides is 1. The Hall–Kier alpha value is -2.42. The molecule has 1 saturated heterocycles. The quantitative estimate of drug-likeness (QED) is 0.443. The largest absolute Gasteiger partial charge is 0.385 e. The fraction of sp³-hybridized carbons (Fsp3) is 0.448. The Morgan fingerprint density at radius 1 is 1.11 bits per heavy atom. The van der Waals surface area contributed by atoms with E-state index in [1.54, 1.807) is 13.4 Å². The van der Waals surface area contributed by atoms with Crippen molar-refractivity contribution in [3.8, 4) is 11.3 Å². The fourth-order valence-electron chi connectivity index (χ4n) is 5.89. The SMILES string of the molecule is COC[C@]1(O)CCCCC1n1cnc(C(=O)N2CCNC[C@H]2Cc2ccccc2)c1-c1ccccc1.Cl.Cl. The van der Waals surface area contributed by atoms with Gasteiger partial charge in [0.25, 0.3) is 5.91 Å². The molecule has 3 atom stereocenters. The number of benzene rings is 2. The molecule has 1 aromatic heterocycles. The third-order valence-electron chi connectivity index (χ3n) is 7.66. The van der Waals surface area contributed by atoms with Crippen LogP contribution in [0.1, 0.15) is 47.8 Å². The number of methoxy groups -OCH3 is 1. The van der Waals surface area contributed by atoms with E-state index < -0.39 is 5.60 Å². The highest BCUT2D eigenvalue weighted by Gasteiger charge is 2.42. The molecule has 2 aromatic carbocycles. The first-order chi connectivity index (χ1) is 17.6. The average Bonchev–Trinajstić information content (AvgIpc) is 3.35. The lowest BCUT2D eigenvalue weighted by Crippen LogP contribution is -2.54. The van der Waals surface area contributed by atoms with Gasteiger partial charge in [-0.2, -0.15) is 0 Å². The summed E-state index contributed by atoms with van der Waals surface area (Å²) in [5, 5.41) is 15.0. The molecule has 2 N–H and O–H groups in total. The van der Waals surface area contributed by atoms with Crippen LogP contribution in [0, 0.1) is 0 Å². The van der Waals surface area contributed by atoms with Gasteiger partial charge in [-0.1, -0.05) is 73.5 Å². The molecule has 3 aromatic rings. The van der Waals surface area contributed by atoms with Crippen molar-refractivity contribution in [1.82, 2.24) is 19.8 Å². The van der Waals surface area contributed by atoms with Crippen LogP contribution in [0.4, 0.5) is 0 Å². The molecule has 38 heavy (non-hydrogen) atoms. The number of nitrogens with one attached hydrogen (secondary N) is 1. The van der Waals surface area contributed by atoms with Gasteiger partial charge in [0.05, 0.1) is 24.7 Å². The highest BCUT2D eigenvalue weighted by Crippen LogP contribution is 2.41. The third kappa shape index (κ3) is 6.24. The summed E-state index contributed by atoms with van der Waals surface area (Å²) in [5.74, 6) is -0.0545. The number of carbonyl (C=O) groups is 1. The number of rotatable bonds is 7. The number of hydrogen-bond acceptors (Lipinski definition) is 5. The van der Waals surface area contributed by atoms with Crippen LogP contribution >= 0.6 is 24.8 Å². The summed E-state index contributed by atoms with van der Waals surface area (Å²) in [4.78, 5) is 20.8. The van der Waals surface area contributed by atoms with Crippen LogP contribution in [0.5, 0.6) is 0 Å². The summed E-state index contributed by atoms with van der Waals surface area (Å²) in [6.07, 6.45) is 5.99. The lowest BCUT2D eigenvalue weighted by atomic mass is 9.80. The van der Waals surface area contributed by atoms with E-state index in [4.69, 9.17) is 9.72 Å². The second-order valence-corrected chi connectivity index (χ2v) is 10.1. The summed E-state index contributed by atoms with van der Waals surface area (Å²) in [6.45, 7) is 2.39. The van der Waals surface area contributed by atoms with Gasteiger partial charge >= 0.3 is 0 Å². The number of aliphatic hydroxyl groups is 1. The Kier molecular flexibility index (Phi) is 10.8. The van der Waals surface area contributed by atoms with Crippen molar-refractivity contribution in [3.05, 3.63) is 78.2 Å². The summed E-state index contributed by atoms with van der Waals surface area (Å²) < 4.78 is 7.47. The first-order valence-electron chi connectivity index (χ1n) is 13.0. The number of imidazole rings is 1. The minimum atomic E-state index is -0.998. The lowest BCUT2D eigenvalue weighted by molar-refractivity contribution is -0.0893. The zero-order valence-electron chi connectivity index (χ0n) is 21.8. The van der Waals surface area contributed by atoms with E-state index in [2.05, 4.69) is 17.4 Å². The van der Waals surface area contributed by atoms with Crippen LogP contribution in [0.15, 0.2) is 67.0 Å². The van der Waals surface area contributed by atoms with Gasteiger partial charge in [0.1, 0.15) is 5.60 Å². The molecule has 0 radical (unpaired) electrons. The Bertz CT molecular complexity index is 1160. The van der Waals surface area contributed by atoms with Crippen LogP contribution in [0.25, 0.3) is 11.3 Å². The fourth-order valence-corrected chi connectivity index (χ4v) is 5.89. The number of piperazine rings is 1. The van der Waals surface area contributed by atoms with Gasteiger partial charge < -0.3 is 24.6 Å². The molecule has 1 saturated carbocycles. The number of hydrogen-bond donors (Lipinski definition) is 2. The molecule has 1 aliphatic heterocycles. The molecule has 9 heteroatoms. The van der Waals surface area contributed by atoms with Crippen LogP contribution < -0.4 is 5.32 Å². The summed E-state index contributed by atoms with van der Waals surface area (Å²) in [5.41, 5.74) is 2.37. The number of halogens is 2. The number of aromatic nitrogens is 2. The van der Waals surface area contributed by atoms with E-state index in [1.165, 1.54) is 5.56 Å². The molecule has 0 bridgehead atoms. The molecule has 5 rings (SSSR count). The van der Waals surface area contributed by atoms with E-state index in [1.807, 2.05) is 58.0 Å². The minimum Gasteiger partial charge on any atom is -0.385 e. The molecule has 1 unspecified atom stereocenters. The maximum Gasteiger partial charge on any atom is 0.275 e. The monoisotopic (exact) mass is 560 g/mol. The average molecular weight is 562 g/mol. The normalized spacial score (nSPS) is 23.3. The first kappa shape index (κ1) is 30.1. The zero-order valence-corrected chi connectivity index (χ0v) is 23.4. The van der Waals surface area contributed by atoms with Crippen LogP contribution in [-0.4, -0.2) is 70.5 Å². The Morgan fingerprint density at radius 3 is 2.53 bits per heavy atom. The molecule has 1 aliphatic carbocycles. The second-order valence-electron chi connectivity index (χ2n) is 10.1. The number of ether oxygens (including phenoxy) is 1. The summed E-state index contributed by atoms with van der Waals surface area (Å²) in [7, 11) is 1.63. The van der Waals surface area contributed by atoms with Gasteiger partial charge in [0.15, 0.2) is 5.69 Å². The summed E-state index contributed by atoms with van der Waals surface area (Å²) in [6, 6.07) is 20.1. The van der Waals surface area contributed by atoms with Crippen molar-refractivity contribution in [2.45, 2.75) is 49.8 Å². The van der Waals surface area contributed by atoms with Gasteiger partial charge in [-0.25, -0.2) is 4.98 Å². The number of nitrogens with zero attached hydrogens (tertiary/aromatic N) is 3. The molecule has 0 spiro atoms. The van der Waals surface area contributed by atoms with E-state index >= 15 is 0 Å². The number of carbonyl (C=O) groups excluding carboxylic acids is 1. The van der Waals surface area contributed by atoms with E-state index in [0.29, 0.717) is 18.7 Å². The van der Waals surface area contributed by atoms with Crippen LogP contribution in [-0.2, 0) is 11.2 Å². The van der Waals surface area contributed by atoms with Gasteiger partial charge in [-0.3, -0.25) is 4.79 Å². The van der Waals surface area contributed by atoms with Crippen molar-refractivity contribution in [3.63, 3.8) is 0 Å². The molecular weight excluding hydrogens is 523 g/mol. The minimum absolute atomic E-state index is 0. The van der Waals surface area contributed by atoms with Crippen molar-refractivity contribution < 1.29 is 14.6 Å². The predicted octanol–water partition coefficient (Wildman–Crippen LogP) is 4.54. The zero-order chi connectivity index (χ0) is 25.0. The Labute approximate surface area is 237 Å². The van der Waals surface area contributed by atoms with E-state index in [0.717, 1.165) is 50.0 Å². The van der Waals surface area contributed by atoms with Crippen molar-refractivity contribution in [1.29, 1.82) is 0 Å². The standard InChI is InChI=1S/C29H36N4O3.2ClH/c1-36-20-29(35)15-9-8-14-25(29)33-21-31-26(27(33)23-12-6-3-7-13-23)28(34)32-17-16-30-19-24(32)18-22-10-4-2-5-11-22;;/h2-7,10-13,21,24-25,30,35H,8-9,14-20H2,1H3;2*1H/t24-,25?,29-;;/m1../s1. The van der Waals surface area contributed by atoms with Crippen LogP contribution in [0.3, 0.4) is 0 Å². The van der Waals surface area contributed by atoms with Crippen molar-refractivity contribution in [2.75, 3.05) is 33.4 Å². The maximum atomic E-state index is 14.1. The highest BCUT2D eigenvalue weighted by molar-refractivity contribution is 5.98. The molecule has 2 fully saturated rings.